The van der Waals surface area contributed by atoms with Crippen molar-refractivity contribution in [1.82, 2.24) is 0 Å². The smallest absolute Gasteiger partial charge is 0.319 e. The first-order valence-electron chi connectivity index (χ1n) is 7.63. The Bertz CT molecular complexity index is 509. The van der Waals surface area contributed by atoms with Crippen molar-refractivity contribution >= 4 is 46.0 Å². The quantitative estimate of drug-likeness (QED) is 0.612. The second kappa shape index (κ2) is 9.22. The molecule has 0 aliphatic heterocycles. The molecule has 1 aromatic rings. The van der Waals surface area contributed by atoms with Gasteiger partial charge in [-0.15, -0.1) is 0 Å². The summed E-state index contributed by atoms with van der Waals surface area (Å²) >= 11 is 0. The van der Waals surface area contributed by atoms with Gasteiger partial charge in [-0.25, -0.2) is 0 Å². The molecule has 4 nitrogen and oxygen atoms in total. The van der Waals surface area contributed by atoms with Crippen LogP contribution in [0.15, 0.2) is 12.1 Å². The van der Waals surface area contributed by atoms with Crippen LogP contribution < -0.4 is 0 Å². The fourth-order valence-electron chi connectivity index (χ4n) is 2.22. The van der Waals surface area contributed by atoms with E-state index in [1.165, 1.54) is 0 Å². The molecule has 1 unspecified atom stereocenters. The maximum absolute atomic E-state index is 11.5. The Balaban J connectivity index is 0.00000484. The van der Waals surface area contributed by atoms with Gasteiger partial charge in [0, 0.05) is 37.7 Å². The van der Waals surface area contributed by atoms with Crippen molar-refractivity contribution in [2.24, 2.45) is 0 Å². The minimum Gasteiger partial charge on any atom is -0.507 e. The van der Waals surface area contributed by atoms with Crippen LogP contribution >= 0.6 is 8.25 Å². The van der Waals surface area contributed by atoms with Crippen molar-refractivity contribution in [3.63, 3.8) is 0 Å². The predicted molar refractivity (Wildman–Crippen MR) is 96.7 cm³/mol. The molecule has 0 fully saturated rings. The topological polar surface area (TPSA) is 55.8 Å². The standard InChI is InChI=1S/C17H29O4P.Ca/c1-8-20-22(19)21-11-12-9-13(16(2,3)4)15(18)14(10-12)17(5,6)7;/h9-10,18,22H,8,11H2,1-7H3;. The van der Waals surface area contributed by atoms with Gasteiger partial charge in [-0.3, -0.25) is 4.57 Å². The molecule has 2 radical (unpaired) electrons. The molecular formula is C17H29CaO4P. The zero-order valence-electron chi connectivity index (χ0n) is 15.4. The third-order valence-corrected chi connectivity index (χ3v) is 4.31. The molecule has 0 aromatic heterocycles. The van der Waals surface area contributed by atoms with E-state index in [0.717, 1.165) is 16.7 Å². The Labute approximate surface area is 170 Å². The zero-order valence-corrected chi connectivity index (χ0v) is 18.7. The van der Waals surface area contributed by atoms with Crippen molar-refractivity contribution in [3.8, 4) is 5.75 Å². The van der Waals surface area contributed by atoms with Gasteiger partial charge in [-0.1, -0.05) is 41.5 Å². The van der Waals surface area contributed by atoms with Crippen molar-refractivity contribution < 1.29 is 18.7 Å². The molecule has 0 saturated heterocycles. The van der Waals surface area contributed by atoms with E-state index >= 15 is 0 Å². The normalized spacial score (nSPS) is 13.5. The van der Waals surface area contributed by atoms with Gasteiger partial charge in [0.2, 0.25) is 0 Å². The van der Waals surface area contributed by atoms with E-state index in [9.17, 15) is 9.67 Å². The largest absolute Gasteiger partial charge is 0.507 e. The van der Waals surface area contributed by atoms with Crippen molar-refractivity contribution in [1.29, 1.82) is 0 Å². The second-order valence-electron chi connectivity index (χ2n) is 7.51. The van der Waals surface area contributed by atoms with Crippen LogP contribution in [0.25, 0.3) is 0 Å². The predicted octanol–water partition coefficient (Wildman–Crippen LogP) is 4.55. The van der Waals surface area contributed by atoms with Crippen molar-refractivity contribution in [2.75, 3.05) is 6.61 Å². The summed E-state index contributed by atoms with van der Waals surface area (Å²) in [6.07, 6.45) is 0. The van der Waals surface area contributed by atoms with Crippen LogP contribution in [0.1, 0.15) is 65.2 Å². The summed E-state index contributed by atoms with van der Waals surface area (Å²) in [5.41, 5.74) is 2.26. The molecule has 6 heteroatoms. The van der Waals surface area contributed by atoms with Crippen LogP contribution in [-0.2, 0) is 31.0 Å². The van der Waals surface area contributed by atoms with E-state index in [1.54, 1.807) is 6.92 Å². The molecule has 1 atom stereocenters. The summed E-state index contributed by atoms with van der Waals surface area (Å²) in [6, 6.07) is 3.84. The number of rotatable bonds is 5. The molecule has 128 valence electrons. The number of hydrogen-bond donors (Lipinski definition) is 1. The van der Waals surface area contributed by atoms with Gasteiger partial charge in [0.15, 0.2) is 0 Å². The third-order valence-electron chi connectivity index (χ3n) is 3.40. The number of phenolic OH excluding ortho intramolecular Hbond substituents is 1. The first-order chi connectivity index (χ1) is 9.96. The molecule has 1 N–H and O–H groups in total. The van der Waals surface area contributed by atoms with Crippen molar-refractivity contribution in [2.45, 2.75) is 65.9 Å². The van der Waals surface area contributed by atoms with Gasteiger partial charge in [-0.2, -0.15) is 0 Å². The first kappa shape index (κ1) is 23.4. The average molecular weight is 368 g/mol. The van der Waals surface area contributed by atoms with E-state index in [1.807, 2.05) is 12.1 Å². The van der Waals surface area contributed by atoms with Crippen LogP contribution in [0.5, 0.6) is 5.75 Å². The number of benzene rings is 1. The summed E-state index contributed by atoms with van der Waals surface area (Å²) in [5, 5.41) is 10.6. The van der Waals surface area contributed by atoms with Gasteiger partial charge in [0.05, 0.1) is 13.2 Å². The van der Waals surface area contributed by atoms with Gasteiger partial charge in [0.1, 0.15) is 5.75 Å². The Morgan fingerprint density at radius 2 is 1.43 bits per heavy atom. The fraction of sp³-hybridized carbons (Fsp3) is 0.647. The fourth-order valence-corrected chi connectivity index (χ4v) is 2.83. The Morgan fingerprint density at radius 1 is 1.00 bits per heavy atom. The average Bonchev–Trinajstić information content (AvgIpc) is 2.35. The van der Waals surface area contributed by atoms with Gasteiger partial charge in [0.25, 0.3) is 0 Å². The molecule has 0 aliphatic rings. The second-order valence-corrected chi connectivity index (χ2v) is 8.59. The van der Waals surface area contributed by atoms with E-state index < -0.39 is 8.25 Å². The van der Waals surface area contributed by atoms with Crippen LogP contribution in [0, 0.1) is 0 Å². The molecule has 0 heterocycles. The van der Waals surface area contributed by atoms with Gasteiger partial charge in [-0.05, 0) is 46.6 Å². The summed E-state index contributed by atoms with van der Waals surface area (Å²) in [6.45, 7) is 14.7. The maximum atomic E-state index is 11.5. The van der Waals surface area contributed by atoms with Gasteiger partial charge < -0.3 is 14.2 Å². The van der Waals surface area contributed by atoms with Crippen molar-refractivity contribution in [3.05, 3.63) is 28.8 Å². The van der Waals surface area contributed by atoms with E-state index in [4.69, 9.17) is 9.05 Å². The summed E-state index contributed by atoms with van der Waals surface area (Å²) in [5.74, 6) is 0.334. The third kappa shape index (κ3) is 7.05. The van der Waals surface area contributed by atoms with E-state index in [-0.39, 0.29) is 55.2 Å². The summed E-state index contributed by atoms with van der Waals surface area (Å²) < 4.78 is 21.8. The molecule has 23 heavy (non-hydrogen) atoms. The van der Waals surface area contributed by atoms with Crippen LogP contribution in [0.4, 0.5) is 0 Å². The monoisotopic (exact) mass is 368 g/mol. The Morgan fingerprint density at radius 3 is 1.78 bits per heavy atom. The molecule has 1 rings (SSSR count). The SMILES string of the molecule is CCO[PH](=O)OCc1cc(C(C)(C)C)c(O)c(C(C)(C)C)c1.[Ca]. The molecular weight excluding hydrogens is 339 g/mol. The number of hydrogen-bond acceptors (Lipinski definition) is 4. The Hall–Kier alpha value is 0.430. The van der Waals surface area contributed by atoms with Gasteiger partial charge >= 0.3 is 8.25 Å². The molecule has 0 bridgehead atoms. The van der Waals surface area contributed by atoms with E-state index in [2.05, 4.69) is 41.5 Å². The van der Waals surface area contributed by atoms with E-state index in [0.29, 0.717) is 12.4 Å². The summed E-state index contributed by atoms with van der Waals surface area (Å²) in [4.78, 5) is 0. The molecule has 0 saturated carbocycles. The summed E-state index contributed by atoms with van der Waals surface area (Å²) in [7, 11) is -2.46. The number of phenols is 1. The maximum Gasteiger partial charge on any atom is 0.319 e. The minimum atomic E-state index is -2.46. The molecule has 0 amide bonds. The Kier molecular flexibility index (Phi) is 9.39. The van der Waals surface area contributed by atoms with Crippen LogP contribution in [-0.4, -0.2) is 49.5 Å². The minimum absolute atomic E-state index is 0. The molecule has 0 spiro atoms. The first-order valence-corrected chi connectivity index (χ1v) is 8.85. The molecule has 0 aliphatic carbocycles. The zero-order chi connectivity index (χ0) is 17.1. The van der Waals surface area contributed by atoms with Crippen LogP contribution in [0.2, 0.25) is 0 Å². The number of aromatic hydroxyl groups is 1. The van der Waals surface area contributed by atoms with Crippen LogP contribution in [0.3, 0.4) is 0 Å². The molecule has 1 aromatic carbocycles.